The maximum atomic E-state index is 11.4. The van der Waals surface area contributed by atoms with Crippen molar-refractivity contribution in [3.8, 4) is 17.0 Å². The normalized spacial score (nSPS) is 10.1. The molecule has 0 saturated heterocycles. The van der Waals surface area contributed by atoms with Gasteiger partial charge >= 0.3 is 0 Å². The fraction of sp³-hybridized carbons (Fsp3) is 0.0833. The Labute approximate surface area is 109 Å². The van der Waals surface area contributed by atoms with Crippen LogP contribution in [-0.2, 0) is 0 Å². The molecule has 5 nitrogen and oxygen atoms in total. The van der Waals surface area contributed by atoms with Crippen molar-refractivity contribution in [1.29, 1.82) is 0 Å². The fourth-order valence-corrected chi connectivity index (χ4v) is 1.65. The summed E-state index contributed by atoms with van der Waals surface area (Å²) in [5.41, 5.74) is 6.77. The number of benzene rings is 1. The summed E-state index contributed by atoms with van der Waals surface area (Å²) in [6.07, 6.45) is 0. The van der Waals surface area contributed by atoms with Crippen LogP contribution in [0.1, 0.15) is 5.56 Å². The number of hydrogen-bond donors (Lipinski definition) is 2. The van der Waals surface area contributed by atoms with Gasteiger partial charge < -0.3 is 10.5 Å². The molecule has 2 rings (SSSR count). The Morgan fingerprint density at radius 1 is 1.39 bits per heavy atom. The zero-order chi connectivity index (χ0) is 13.1. The van der Waals surface area contributed by atoms with Gasteiger partial charge in [0.2, 0.25) is 0 Å². The van der Waals surface area contributed by atoms with E-state index >= 15 is 0 Å². The molecule has 0 spiro atoms. The quantitative estimate of drug-likeness (QED) is 0.808. The van der Waals surface area contributed by atoms with Crippen molar-refractivity contribution in [2.24, 2.45) is 5.73 Å². The average Bonchev–Trinajstić information content (AvgIpc) is 2.39. The number of nitrogens with one attached hydrogen (secondary N) is 1. The van der Waals surface area contributed by atoms with Gasteiger partial charge in [-0.25, -0.2) is 5.10 Å². The molecule has 0 bridgehead atoms. The van der Waals surface area contributed by atoms with Crippen LogP contribution < -0.4 is 16.0 Å². The van der Waals surface area contributed by atoms with Crippen molar-refractivity contribution in [3.63, 3.8) is 0 Å². The number of ether oxygens (including phenoxy) is 1. The molecule has 0 aliphatic rings. The standard InChI is InChI=1S/C12H11N3O2S/c1-17-8-4-2-7(3-5-8)10-6-9(11(13)18)12(16)15-14-10/h2-6H,1H3,(H2,13,18)(H,15,16). The molecule has 6 heteroatoms. The summed E-state index contributed by atoms with van der Waals surface area (Å²) in [7, 11) is 1.60. The second kappa shape index (κ2) is 4.97. The Kier molecular flexibility index (Phi) is 3.38. The summed E-state index contributed by atoms with van der Waals surface area (Å²) < 4.78 is 5.07. The van der Waals surface area contributed by atoms with Crippen molar-refractivity contribution >= 4 is 17.2 Å². The summed E-state index contributed by atoms with van der Waals surface area (Å²) >= 11 is 4.81. The first-order valence-electron chi connectivity index (χ1n) is 5.16. The predicted octanol–water partition coefficient (Wildman–Crippen LogP) is 1.08. The number of hydrogen-bond acceptors (Lipinski definition) is 4. The number of aromatic amines is 1. The molecule has 1 aromatic heterocycles. The van der Waals surface area contributed by atoms with Gasteiger partial charge in [0, 0.05) is 5.56 Å². The Morgan fingerprint density at radius 2 is 2.06 bits per heavy atom. The number of methoxy groups -OCH3 is 1. The first-order valence-corrected chi connectivity index (χ1v) is 5.56. The first-order chi connectivity index (χ1) is 8.61. The van der Waals surface area contributed by atoms with Crippen molar-refractivity contribution < 1.29 is 4.74 Å². The van der Waals surface area contributed by atoms with Crippen LogP contribution in [0.2, 0.25) is 0 Å². The number of nitrogens with two attached hydrogens (primary N) is 1. The van der Waals surface area contributed by atoms with Crippen LogP contribution in [0, 0.1) is 0 Å². The topological polar surface area (TPSA) is 81.0 Å². The summed E-state index contributed by atoms with van der Waals surface area (Å²) in [5.74, 6) is 0.748. The van der Waals surface area contributed by atoms with Gasteiger partial charge in [-0.2, -0.15) is 5.10 Å². The van der Waals surface area contributed by atoms with Gasteiger partial charge in [-0.15, -0.1) is 0 Å². The molecular weight excluding hydrogens is 250 g/mol. The zero-order valence-corrected chi connectivity index (χ0v) is 10.5. The number of thiocarbonyl (C=S) groups is 1. The van der Waals surface area contributed by atoms with Gasteiger partial charge in [-0.05, 0) is 30.3 Å². The van der Waals surface area contributed by atoms with Gasteiger partial charge in [0.05, 0.1) is 18.4 Å². The summed E-state index contributed by atoms with van der Waals surface area (Å²) in [5, 5.41) is 6.33. The summed E-state index contributed by atoms with van der Waals surface area (Å²) in [6, 6.07) is 8.86. The molecule has 1 aromatic carbocycles. The van der Waals surface area contributed by atoms with Gasteiger partial charge in [0.1, 0.15) is 10.7 Å². The Balaban J connectivity index is 2.47. The minimum atomic E-state index is -0.389. The van der Waals surface area contributed by atoms with E-state index in [-0.39, 0.29) is 16.1 Å². The molecule has 0 saturated carbocycles. The molecule has 0 aliphatic carbocycles. The van der Waals surface area contributed by atoms with Gasteiger partial charge in [-0.1, -0.05) is 12.2 Å². The SMILES string of the molecule is COc1ccc(-c2cc(C(N)=S)c(=O)[nH]n2)cc1. The molecule has 0 radical (unpaired) electrons. The van der Waals surface area contributed by atoms with Crippen molar-refractivity contribution in [2.45, 2.75) is 0 Å². The van der Waals surface area contributed by atoms with E-state index in [1.165, 1.54) is 0 Å². The van der Waals surface area contributed by atoms with Crippen molar-refractivity contribution in [1.82, 2.24) is 10.2 Å². The second-order valence-electron chi connectivity index (χ2n) is 3.59. The Morgan fingerprint density at radius 3 is 2.61 bits per heavy atom. The molecule has 0 amide bonds. The lowest BCUT2D eigenvalue weighted by atomic mass is 10.1. The molecule has 3 N–H and O–H groups in total. The monoisotopic (exact) mass is 261 g/mol. The molecule has 92 valence electrons. The summed E-state index contributed by atoms with van der Waals surface area (Å²) in [4.78, 5) is 11.5. The minimum Gasteiger partial charge on any atom is -0.497 e. The molecule has 0 atom stereocenters. The molecule has 1 heterocycles. The molecule has 18 heavy (non-hydrogen) atoms. The van der Waals surface area contributed by atoms with Crippen LogP contribution in [0.3, 0.4) is 0 Å². The predicted molar refractivity (Wildman–Crippen MR) is 72.7 cm³/mol. The van der Waals surface area contributed by atoms with E-state index in [0.717, 1.165) is 11.3 Å². The Bertz CT molecular complexity index is 635. The van der Waals surface area contributed by atoms with E-state index < -0.39 is 0 Å². The third-order valence-corrected chi connectivity index (χ3v) is 2.67. The lowest BCUT2D eigenvalue weighted by Gasteiger charge is -2.04. The first kappa shape index (κ1) is 12.3. The maximum absolute atomic E-state index is 11.4. The van der Waals surface area contributed by atoms with Crippen molar-refractivity contribution in [3.05, 3.63) is 46.2 Å². The smallest absolute Gasteiger partial charge is 0.274 e. The molecular formula is C12H11N3O2S. The Hall–Kier alpha value is -2.21. The van der Waals surface area contributed by atoms with Crippen LogP contribution in [0.5, 0.6) is 5.75 Å². The van der Waals surface area contributed by atoms with Gasteiger partial charge in [0.15, 0.2) is 0 Å². The number of aromatic nitrogens is 2. The van der Waals surface area contributed by atoms with E-state index in [1.807, 2.05) is 24.3 Å². The van der Waals surface area contributed by atoms with Crippen LogP contribution in [0.4, 0.5) is 0 Å². The van der Waals surface area contributed by atoms with E-state index in [1.54, 1.807) is 13.2 Å². The molecule has 0 unspecified atom stereocenters. The zero-order valence-electron chi connectivity index (χ0n) is 9.64. The molecule has 0 aliphatic heterocycles. The van der Waals surface area contributed by atoms with E-state index in [2.05, 4.69) is 10.2 Å². The largest absolute Gasteiger partial charge is 0.497 e. The van der Waals surface area contributed by atoms with Crippen molar-refractivity contribution in [2.75, 3.05) is 7.11 Å². The average molecular weight is 261 g/mol. The number of rotatable bonds is 3. The van der Waals surface area contributed by atoms with E-state index in [0.29, 0.717) is 5.69 Å². The van der Waals surface area contributed by atoms with Gasteiger partial charge in [0.25, 0.3) is 5.56 Å². The highest BCUT2D eigenvalue weighted by atomic mass is 32.1. The minimum absolute atomic E-state index is 0.0495. The molecule has 0 fully saturated rings. The summed E-state index contributed by atoms with van der Waals surface area (Å²) in [6.45, 7) is 0. The molecule has 2 aromatic rings. The second-order valence-corrected chi connectivity index (χ2v) is 4.03. The highest BCUT2D eigenvalue weighted by Gasteiger charge is 2.07. The maximum Gasteiger partial charge on any atom is 0.274 e. The number of nitrogens with zero attached hydrogens (tertiary/aromatic N) is 1. The van der Waals surface area contributed by atoms with E-state index in [9.17, 15) is 4.79 Å². The highest BCUT2D eigenvalue weighted by molar-refractivity contribution is 7.80. The third-order valence-electron chi connectivity index (χ3n) is 2.45. The van der Waals surface area contributed by atoms with Crippen LogP contribution in [0.15, 0.2) is 35.1 Å². The third kappa shape index (κ3) is 2.38. The lowest BCUT2D eigenvalue weighted by Crippen LogP contribution is -2.23. The fourth-order valence-electron chi connectivity index (χ4n) is 1.50. The number of H-pyrrole nitrogens is 1. The highest BCUT2D eigenvalue weighted by Crippen LogP contribution is 2.19. The van der Waals surface area contributed by atoms with Crippen LogP contribution in [0.25, 0.3) is 11.3 Å². The van der Waals surface area contributed by atoms with Crippen LogP contribution >= 0.6 is 12.2 Å². The van der Waals surface area contributed by atoms with Crippen LogP contribution in [-0.4, -0.2) is 22.3 Å². The lowest BCUT2D eigenvalue weighted by molar-refractivity contribution is 0.415. The van der Waals surface area contributed by atoms with E-state index in [4.69, 9.17) is 22.7 Å². The van der Waals surface area contributed by atoms with Gasteiger partial charge in [-0.3, -0.25) is 4.79 Å².